The number of alkyl halides is 3. The minimum Gasteiger partial charge on any atom is -0.477 e. The molecule has 21 heavy (non-hydrogen) atoms. The fraction of sp³-hybridized carbons (Fsp3) is 0.231. The maximum absolute atomic E-state index is 13.0. The van der Waals surface area contributed by atoms with Gasteiger partial charge in [-0.05, 0) is 6.07 Å². The number of carbonyl (C=O) groups is 1. The molecular formula is C13H10F3NO3S. The molecule has 4 nitrogen and oxygen atoms in total. The quantitative estimate of drug-likeness (QED) is 0.934. The maximum atomic E-state index is 13.0. The summed E-state index contributed by atoms with van der Waals surface area (Å²) in [6, 6.07) is 4.92. The molecule has 0 fully saturated rings. The first-order chi connectivity index (χ1) is 9.84. The minimum atomic E-state index is -4.53. The lowest BCUT2D eigenvalue weighted by Crippen LogP contribution is -2.06. The summed E-state index contributed by atoms with van der Waals surface area (Å²) < 4.78 is 43.8. The number of carboxylic acids is 1. The molecule has 1 heterocycles. The van der Waals surface area contributed by atoms with Gasteiger partial charge in [0.2, 0.25) is 0 Å². The van der Waals surface area contributed by atoms with Crippen LogP contribution in [0.3, 0.4) is 0 Å². The molecule has 0 saturated carbocycles. The number of hydrogen-bond donors (Lipinski definition) is 1. The van der Waals surface area contributed by atoms with Crippen LogP contribution in [-0.4, -0.2) is 23.2 Å². The van der Waals surface area contributed by atoms with E-state index >= 15 is 0 Å². The van der Waals surface area contributed by atoms with Gasteiger partial charge in [0.15, 0.2) is 0 Å². The van der Waals surface area contributed by atoms with E-state index in [9.17, 15) is 18.0 Å². The third kappa shape index (κ3) is 3.22. The summed E-state index contributed by atoms with van der Waals surface area (Å²) >= 11 is 0.700. The summed E-state index contributed by atoms with van der Waals surface area (Å²) in [5.41, 5.74) is -0.874. The second kappa shape index (κ2) is 5.82. The topological polar surface area (TPSA) is 59.4 Å². The molecule has 0 aliphatic rings. The summed E-state index contributed by atoms with van der Waals surface area (Å²) in [6.45, 7) is -0.0771. The first-order valence-corrected chi connectivity index (χ1v) is 6.54. The van der Waals surface area contributed by atoms with E-state index in [1.807, 2.05) is 0 Å². The monoisotopic (exact) mass is 317 g/mol. The van der Waals surface area contributed by atoms with Gasteiger partial charge in [-0.15, -0.1) is 11.3 Å². The Morgan fingerprint density at radius 3 is 2.62 bits per heavy atom. The first kappa shape index (κ1) is 15.5. The predicted molar refractivity (Wildman–Crippen MR) is 70.2 cm³/mol. The van der Waals surface area contributed by atoms with Gasteiger partial charge in [0.05, 0.1) is 17.9 Å². The van der Waals surface area contributed by atoms with Crippen LogP contribution in [0.1, 0.15) is 20.9 Å². The fourth-order valence-electron chi connectivity index (χ4n) is 1.79. The molecule has 0 unspecified atom stereocenters. The van der Waals surface area contributed by atoms with E-state index < -0.39 is 17.7 Å². The molecular weight excluding hydrogens is 307 g/mol. The largest absolute Gasteiger partial charge is 0.477 e. The van der Waals surface area contributed by atoms with Crippen LogP contribution >= 0.6 is 11.3 Å². The van der Waals surface area contributed by atoms with E-state index in [1.54, 1.807) is 0 Å². The molecule has 0 aliphatic carbocycles. The Morgan fingerprint density at radius 1 is 1.38 bits per heavy atom. The summed E-state index contributed by atoms with van der Waals surface area (Å²) in [5.74, 6) is -1.24. The molecule has 0 spiro atoms. The van der Waals surface area contributed by atoms with E-state index in [1.165, 1.54) is 25.3 Å². The molecule has 1 aromatic heterocycles. The van der Waals surface area contributed by atoms with Crippen LogP contribution in [-0.2, 0) is 17.5 Å². The van der Waals surface area contributed by atoms with E-state index in [0.717, 1.165) is 6.07 Å². The highest BCUT2D eigenvalue weighted by Gasteiger charge is 2.34. The number of ether oxygens (including phenoxy) is 1. The van der Waals surface area contributed by atoms with Crippen LogP contribution in [0.2, 0.25) is 0 Å². The number of aromatic carboxylic acids is 1. The van der Waals surface area contributed by atoms with Crippen molar-refractivity contribution in [3.63, 3.8) is 0 Å². The highest BCUT2D eigenvalue weighted by atomic mass is 32.1. The lowest BCUT2D eigenvalue weighted by atomic mass is 10.1. The van der Waals surface area contributed by atoms with Crippen LogP contribution in [0.15, 0.2) is 24.3 Å². The van der Waals surface area contributed by atoms with E-state index in [-0.39, 0.29) is 27.7 Å². The average Bonchev–Trinajstić information content (AvgIpc) is 2.82. The van der Waals surface area contributed by atoms with Crippen molar-refractivity contribution in [3.05, 3.63) is 40.4 Å². The van der Waals surface area contributed by atoms with Gasteiger partial charge >= 0.3 is 12.1 Å². The molecule has 2 rings (SSSR count). The van der Waals surface area contributed by atoms with Crippen molar-refractivity contribution in [1.82, 2.24) is 4.98 Å². The highest BCUT2D eigenvalue weighted by molar-refractivity contribution is 7.17. The maximum Gasteiger partial charge on any atom is 0.417 e. The number of methoxy groups -OCH3 is 1. The molecule has 1 N–H and O–H groups in total. The smallest absolute Gasteiger partial charge is 0.417 e. The normalized spacial score (nSPS) is 11.6. The summed E-state index contributed by atoms with van der Waals surface area (Å²) in [6.07, 6.45) is -4.53. The van der Waals surface area contributed by atoms with Crippen molar-refractivity contribution in [2.75, 3.05) is 7.11 Å². The van der Waals surface area contributed by atoms with Crippen molar-refractivity contribution in [1.29, 1.82) is 0 Å². The van der Waals surface area contributed by atoms with Gasteiger partial charge < -0.3 is 9.84 Å². The molecule has 2 aromatic rings. The molecule has 0 aliphatic heterocycles. The minimum absolute atomic E-state index is 0.00683. The number of carboxylic acid groups (broad SMARTS) is 1. The number of hydrogen-bond acceptors (Lipinski definition) is 4. The Balaban J connectivity index is 2.58. The second-order valence-corrected chi connectivity index (χ2v) is 5.08. The van der Waals surface area contributed by atoms with Gasteiger partial charge in [0, 0.05) is 12.7 Å². The van der Waals surface area contributed by atoms with E-state index in [2.05, 4.69) is 4.98 Å². The van der Waals surface area contributed by atoms with Gasteiger partial charge in [0.25, 0.3) is 0 Å². The molecule has 8 heteroatoms. The lowest BCUT2D eigenvalue weighted by molar-refractivity contribution is -0.137. The van der Waals surface area contributed by atoms with Crippen molar-refractivity contribution in [3.8, 4) is 10.6 Å². The van der Waals surface area contributed by atoms with Gasteiger partial charge in [0.1, 0.15) is 9.88 Å². The highest BCUT2D eigenvalue weighted by Crippen LogP contribution is 2.39. The third-order valence-corrected chi connectivity index (χ3v) is 3.75. The Bertz CT molecular complexity index is 667. The predicted octanol–water partition coefficient (Wildman–Crippen LogP) is 3.67. The van der Waals surface area contributed by atoms with E-state index in [4.69, 9.17) is 9.84 Å². The zero-order valence-electron chi connectivity index (χ0n) is 10.8. The van der Waals surface area contributed by atoms with Gasteiger partial charge in [-0.25, -0.2) is 9.78 Å². The molecule has 0 radical (unpaired) electrons. The Kier molecular flexibility index (Phi) is 4.29. The molecule has 0 amide bonds. The fourth-order valence-corrected chi connectivity index (χ4v) is 2.73. The van der Waals surface area contributed by atoms with Crippen LogP contribution < -0.4 is 0 Å². The molecule has 0 saturated heterocycles. The second-order valence-electron chi connectivity index (χ2n) is 4.08. The number of nitrogens with zero attached hydrogens (tertiary/aromatic N) is 1. The van der Waals surface area contributed by atoms with Crippen LogP contribution in [0.5, 0.6) is 0 Å². The van der Waals surface area contributed by atoms with Crippen molar-refractivity contribution in [2.24, 2.45) is 0 Å². The Morgan fingerprint density at radius 2 is 2.05 bits per heavy atom. The summed E-state index contributed by atoms with van der Waals surface area (Å²) in [5, 5.41) is 9.08. The zero-order valence-corrected chi connectivity index (χ0v) is 11.6. The summed E-state index contributed by atoms with van der Waals surface area (Å²) in [7, 11) is 1.36. The Hall–Kier alpha value is -1.93. The summed E-state index contributed by atoms with van der Waals surface area (Å²) in [4.78, 5) is 15.0. The molecule has 0 atom stereocenters. The number of rotatable bonds is 4. The van der Waals surface area contributed by atoms with E-state index in [0.29, 0.717) is 11.3 Å². The third-order valence-electron chi connectivity index (χ3n) is 2.64. The molecule has 112 valence electrons. The standard InChI is InChI=1S/C13H10F3NO3S/c1-20-6-9-10(12(18)19)21-11(17-9)7-4-2-3-5-8(7)13(14,15)16/h2-5H,6H2,1H3,(H,18,19). The molecule has 1 aromatic carbocycles. The number of benzene rings is 1. The van der Waals surface area contributed by atoms with Gasteiger partial charge in [-0.3, -0.25) is 0 Å². The van der Waals surface area contributed by atoms with Crippen molar-refractivity contribution < 1.29 is 27.8 Å². The van der Waals surface area contributed by atoms with Gasteiger partial charge in [-0.2, -0.15) is 13.2 Å². The number of halogens is 3. The van der Waals surface area contributed by atoms with Crippen LogP contribution in [0, 0.1) is 0 Å². The molecule has 0 bridgehead atoms. The van der Waals surface area contributed by atoms with Crippen LogP contribution in [0.4, 0.5) is 13.2 Å². The van der Waals surface area contributed by atoms with Crippen molar-refractivity contribution in [2.45, 2.75) is 12.8 Å². The Labute approximate surface area is 121 Å². The lowest BCUT2D eigenvalue weighted by Gasteiger charge is -2.10. The number of aromatic nitrogens is 1. The SMILES string of the molecule is COCc1nc(-c2ccccc2C(F)(F)F)sc1C(=O)O. The van der Waals surface area contributed by atoms with Crippen molar-refractivity contribution >= 4 is 17.3 Å². The van der Waals surface area contributed by atoms with Crippen LogP contribution in [0.25, 0.3) is 10.6 Å². The van der Waals surface area contributed by atoms with Gasteiger partial charge in [-0.1, -0.05) is 18.2 Å². The number of thiazole rings is 1. The average molecular weight is 317 g/mol. The zero-order chi connectivity index (χ0) is 15.6. The first-order valence-electron chi connectivity index (χ1n) is 5.73.